The number of hydrogen-bond donors (Lipinski definition) is 0. The summed E-state index contributed by atoms with van der Waals surface area (Å²) >= 11 is 0. The van der Waals surface area contributed by atoms with Gasteiger partial charge in [0.15, 0.2) is 6.29 Å². The van der Waals surface area contributed by atoms with Crippen LogP contribution in [0.1, 0.15) is 22.3 Å². The van der Waals surface area contributed by atoms with Crippen molar-refractivity contribution in [1.82, 2.24) is 4.98 Å². The molecular weight excluding hydrogens is 198 g/mol. The van der Waals surface area contributed by atoms with Gasteiger partial charge in [0.25, 0.3) is 6.43 Å². The van der Waals surface area contributed by atoms with Gasteiger partial charge < -0.3 is 10.1 Å². The van der Waals surface area contributed by atoms with Crippen molar-refractivity contribution in [1.29, 1.82) is 0 Å². The van der Waals surface area contributed by atoms with Crippen LogP contribution >= 0.6 is 0 Å². The molecule has 0 aromatic carbocycles. The molecule has 1 rings (SSSR count). The van der Waals surface area contributed by atoms with Crippen molar-refractivity contribution < 1.29 is 18.5 Å². The Bertz CT molecular complexity index is 381. The first-order valence-electron chi connectivity index (χ1n) is 3.44. The minimum Gasteiger partial charge on any atom is -0.358 e. The lowest BCUT2D eigenvalue weighted by Crippen LogP contribution is -2.02. The molecule has 0 spiro atoms. The zero-order valence-corrected chi connectivity index (χ0v) is 6.68. The van der Waals surface area contributed by atoms with Crippen molar-refractivity contribution in [3.05, 3.63) is 33.5 Å². The number of rotatable bonds is 3. The molecular formula is C7H4F2N2O3. The van der Waals surface area contributed by atoms with Crippen LogP contribution in [0.15, 0.2) is 12.3 Å². The molecule has 0 saturated carbocycles. The van der Waals surface area contributed by atoms with Crippen LogP contribution in [0.3, 0.4) is 0 Å². The number of aromatic nitrogens is 1. The van der Waals surface area contributed by atoms with Crippen LogP contribution in [0.2, 0.25) is 0 Å². The summed E-state index contributed by atoms with van der Waals surface area (Å²) < 4.78 is 24.5. The Labute approximate surface area is 76.5 Å². The summed E-state index contributed by atoms with van der Waals surface area (Å²) in [5, 5.41) is 10.3. The maximum absolute atomic E-state index is 12.2. The molecule has 0 N–H and O–H groups in total. The second-order valence-electron chi connectivity index (χ2n) is 2.31. The van der Waals surface area contributed by atoms with E-state index in [4.69, 9.17) is 0 Å². The van der Waals surface area contributed by atoms with Gasteiger partial charge in [-0.25, -0.2) is 8.78 Å². The minimum atomic E-state index is -2.93. The molecule has 0 aliphatic heterocycles. The highest BCUT2D eigenvalue weighted by Crippen LogP contribution is 2.26. The lowest BCUT2D eigenvalue weighted by molar-refractivity contribution is -0.389. The van der Waals surface area contributed by atoms with Crippen molar-refractivity contribution in [2.24, 2.45) is 0 Å². The van der Waals surface area contributed by atoms with Crippen molar-refractivity contribution in [3.8, 4) is 0 Å². The molecule has 0 amide bonds. The summed E-state index contributed by atoms with van der Waals surface area (Å²) in [6, 6.07) is 0.876. The summed E-state index contributed by atoms with van der Waals surface area (Å²) in [6.07, 6.45) is -2.06. The van der Waals surface area contributed by atoms with Crippen LogP contribution in [0.4, 0.5) is 14.6 Å². The third kappa shape index (κ3) is 1.70. The molecule has 1 aromatic rings. The highest BCUT2D eigenvalue weighted by atomic mass is 19.3. The molecule has 0 radical (unpaired) electrons. The highest BCUT2D eigenvalue weighted by Gasteiger charge is 2.23. The summed E-state index contributed by atoms with van der Waals surface area (Å²) in [5.41, 5.74) is -1.35. The van der Waals surface area contributed by atoms with Crippen LogP contribution in [0.5, 0.6) is 0 Å². The zero-order valence-electron chi connectivity index (χ0n) is 6.68. The topological polar surface area (TPSA) is 73.1 Å². The quantitative estimate of drug-likeness (QED) is 0.425. The molecule has 0 unspecified atom stereocenters. The Hall–Kier alpha value is -1.92. The zero-order chi connectivity index (χ0) is 10.7. The first-order valence-corrected chi connectivity index (χ1v) is 3.44. The van der Waals surface area contributed by atoms with E-state index in [2.05, 4.69) is 4.98 Å². The maximum atomic E-state index is 12.2. The smallest absolute Gasteiger partial charge is 0.358 e. The molecule has 14 heavy (non-hydrogen) atoms. The number of carbonyl (C=O) groups is 1. The van der Waals surface area contributed by atoms with E-state index >= 15 is 0 Å². The number of carbonyl (C=O) groups excluding carboxylic acids is 1. The van der Waals surface area contributed by atoms with E-state index in [1.165, 1.54) is 0 Å². The van der Waals surface area contributed by atoms with Crippen molar-refractivity contribution in [2.75, 3.05) is 0 Å². The number of hydrogen-bond acceptors (Lipinski definition) is 4. The van der Waals surface area contributed by atoms with Gasteiger partial charge in [0, 0.05) is 5.56 Å². The van der Waals surface area contributed by atoms with Gasteiger partial charge in [0.05, 0.1) is 0 Å². The second kappa shape index (κ2) is 3.86. The molecule has 5 nitrogen and oxygen atoms in total. The average Bonchev–Trinajstić information content (AvgIpc) is 2.16. The van der Waals surface area contributed by atoms with Gasteiger partial charge in [0.2, 0.25) is 0 Å². The molecule has 0 atom stereocenters. The number of nitro groups is 1. The van der Waals surface area contributed by atoms with E-state index in [-0.39, 0.29) is 6.29 Å². The third-order valence-electron chi connectivity index (χ3n) is 1.53. The van der Waals surface area contributed by atoms with Gasteiger partial charge >= 0.3 is 5.82 Å². The molecule has 0 aliphatic rings. The molecule has 0 bridgehead atoms. The third-order valence-corrected chi connectivity index (χ3v) is 1.53. The fourth-order valence-corrected chi connectivity index (χ4v) is 0.933. The summed E-state index contributed by atoms with van der Waals surface area (Å²) in [6.45, 7) is 0. The van der Waals surface area contributed by atoms with E-state index in [0.29, 0.717) is 0 Å². The van der Waals surface area contributed by atoms with Gasteiger partial charge in [-0.05, 0) is 16.0 Å². The SMILES string of the molecule is O=Cc1c(C(F)F)ccnc1[N+](=O)[O-]. The number of pyridine rings is 1. The van der Waals surface area contributed by atoms with Gasteiger partial charge in [0.1, 0.15) is 11.8 Å². The molecule has 0 fully saturated rings. The number of aldehydes is 1. The lowest BCUT2D eigenvalue weighted by atomic mass is 10.1. The van der Waals surface area contributed by atoms with Crippen LogP contribution < -0.4 is 0 Å². The fraction of sp³-hybridized carbons (Fsp3) is 0.143. The predicted molar refractivity (Wildman–Crippen MR) is 41.2 cm³/mol. The minimum absolute atomic E-state index is 0.00657. The summed E-state index contributed by atoms with van der Waals surface area (Å²) in [7, 11) is 0. The van der Waals surface area contributed by atoms with Crippen LogP contribution in [-0.2, 0) is 0 Å². The Morgan fingerprint density at radius 3 is 2.64 bits per heavy atom. The van der Waals surface area contributed by atoms with E-state index in [1.54, 1.807) is 0 Å². The Balaban J connectivity index is 3.39. The average molecular weight is 202 g/mol. The summed E-state index contributed by atoms with van der Waals surface area (Å²) in [5.74, 6) is -0.849. The van der Waals surface area contributed by atoms with Gasteiger partial charge in [-0.3, -0.25) is 4.79 Å². The first kappa shape index (κ1) is 10.2. The lowest BCUT2D eigenvalue weighted by Gasteiger charge is -2.01. The molecule has 1 heterocycles. The first-order chi connectivity index (χ1) is 6.57. The van der Waals surface area contributed by atoms with E-state index < -0.39 is 28.3 Å². The van der Waals surface area contributed by atoms with E-state index in [1.807, 2.05) is 0 Å². The van der Waals surface area contributed by atoms with Crippen molar-refractivity contribution in [3.63, 3.8) is 0 Å². The Morgan fingerprint density at radius 1 is 1.57 bits per heavy atom. The molecule has 0 saturated heterocycles. The molecule has 74 valence electrons. The van der Waals surface area contributed by atoms with Gasteiger partial charge in [-0.1, -0.05) is 0 Å². The van der Waals surface area contributed by atoms with Crippen LogP contribution in [0.25, 0.3) is 0 Å². The van der Waals surface area contributed by atoms with Gasteiger partial charge in [-0.2, -0.15) is 0 Å². The van der Waals surface area contributed by atoms with E-state index in [0.717, 1.165) is 12.3 Å². The van der Waals surface area contributed by atoms with Crippen LogP contribution in [-0.4, -0.2) is 16.2 Å². The van der Waals surface area contributed by atoms with Crippen LogP contribution in [0, 0.1) is 10.1 Å². The maximum Gasteiger partial charge on any atom is 0.374 e. The summed E-state index contributed by atoms with van der Waals surface area (Å²) in [4.78, 5) is 22.9. The predicted octanol–water partition coefficient (Wildman–Crippen LogP) is 1.74. The fourth-order valence-electron chi connectivity index (χ4n) is 0.933. The van der Waals surface area contributed by atoms with Gasteiger partial charge in [-0.15, -0.1) is 0 Å². The number of alkyl halides is 2. The molecule has 0 aliphatic carbocycles. The Morgan fingerprint density at radius 2 is 2.21 bits per heavy atom. The Kier molecular flexibility index (Phi) is 2.80. The monoisotopic (exact) mass is 202 g/mol. The van der Waals surface area contributed by atoms with E-state index in [9.17, 15) is 23.7 Å². The number of halogens is 2. The standard InChI is InChI=1S/C7H4F2N2O3/c8-6(9)4-1-2-10-7(11(13)14)5(4)3-12/h1-3,6H. The normalized spacial score (nSPS) is 10.2. The molecule has 7 heteroatoms. The highest BCUT2D eigenvalue weighted by molar-refractivity contribution is 5.82. The van der Waals surface area contributed by atoms with Crippen molar-refractivity contribution >= 4 is 12.1 Å². The largest absolute Gasteiger partial charge is 0.374 e. The van der Waals surface area contributed by atoms with Crippen molar-refractivity contribution in [2.45, 2.75) is 6.43 Å². The molecule has 1 aromatic heterocycles. The number of nitrogens with zero attached hydrogens (tertiary/aromatic N) is 2. The second-order valence-corrected chi connectivity index (χ2v) is 2.31.